The molecule has 1 N–H and O–H groups in total. The number of amides is 2. The average molecular weight is 499 g/mol. The van der Waals surface area contributed by atoms with Gasteiger partial charge in [0.2, 0.25) is 5.82 Å². The van der Waals surface area contributed by atoms with Crippen molar-refractivity contribution in [1.29, 1.82) is 0 Å². The average Bonchev–Trinajstić information content (AvgIpc) is 3.38. The van der Waals surface area contributed by atoms with E-state index in [1.807, 2.05) is 57.2 Å². The molecule has 1 aliphatic heterocycles. The van der Waals surface area contributed by atoms with E-state index in [0.29, 0.717) is 29.1 Å². The van der Waals surface area contributed by atoms with Crippen LogP contribution in [-0.2, 0) is 6.54 Å². The molecule has 2 heterocycles. The summed E-state index contributed by atoms with van der Waals surface area (Å²) in [5.41, 5.74) is 5.93. The van der Waals surface area contributed by atoms with Gasteiger partial charge in [0.1, 0.15) is 11.6 Å². The minimum absolute atomic E-state index is 0.239. The van der Waals surface area contributed by atoms with Crippen molar-refractivity contribution >= 4 is 11.6 Å². The number of allylic oxidation sites excluding steroid dienone is 1. The van der Waals surface area contributed by atoms with Crippen LogP contribution in [0.3, 0.4) is 0 Å². The molecular formula is C29H27FN4O3. The number of halogens is 1. The van der Waals surface area contributed by atoms with Crippen LogP contribution in [-0.4, -0.2) is 28.2 Å². The molecule has 8 heteroatoms. The molecule has 0 fully saturated rings. The first-order chi connectivity index (χ1) is 17.8. The van der Waals surface area contributed by atoms with Crippen molar-refractivity contribution in [1.82, 2.24) is 20.4 Å². The first kappa shape index (κ1) is 24.2. The summed E-state index contributed by atoms with van der Waals surface area (Å²) in [6, 6.07) is 18.9. The number of aromatic nitrogens is 2. The summed E-state index contributed by atoms with van der Waals surface area (Å²) in [5, 5.41) is 7.24. The highest BCUT2D eigenvalue weighted by Gasteiger charge is 2.36. The predicted octanol–water partition coefficient (Wildman–Crippen LogP) is 6.20. The molecular weight excluding hydrogens is 471 g/mol. The maximum absolute atomic E-state index is 13.8. The lowest BCUT2D eigenvalue weighted by Gasteiger charge is -2.35. The summed E-state index contributed by atoms with van der Waals surface area (Å²) in [4.78, 5) is 19.6. The Kier molecular flexibility index (Phi) is 6.48. The van der Waals surface area contributed by atoms with Gasteiger partial charge in [-0.3, -0.25) is 4.90 Å². The molecule has 7 nitrogen and oxygen atoms in total. The highest BCUT2D eigenvalue weighted by molar-refractivity contribution is 5.87. The normalized spacial score (nSPS) is 15.6. The second kappa shape index (κ2) is 9.89. The summed E-state index contributed by atoms with van der Waals surface area (Å²) in [5.74, 6) is 0.851. The predicted molar refractivity (Wildman–Crippen MR) is 138 cm³/mol. The topological polar surface area (TPSA) is 80.5 Å². The first-order valence-electron chi connectivity index (χ1n) is 11.9. The van der Waals surface area contributed by atoms with E-state index in [0.717, 1.165) is 22.3 Å². The van der Waals surface area contributed by atoms with Crippen molar-refractivity contribution in [3.05, 3.63) is 106 Å². The van der Waals surface area contributed by atoms with Crippen molar-refractivity contribution in [3.63, 3.8) is 0 Å². The Labute approximate surface area is 214 Å². The second-order valence-corrected chi connectivity index (χ2v) is 9.10. The number of ether oxygens (including phenoxy) is 1. The Bertz CT molecular complexity index is 1510. The van der Waals surface area contributed by atoms with Gasteiger partial charge in [0.05, 0.1) is 25.3 Å². The van der Waals surface area contributed by atoms with Gasteiger partial charge < -0.3 is 14.6 Å². The van der Waals surface area contributed by atoms with Crippen molar-refractivity contribution in [2.24, 2.45) is 0 Å². The summed E-state index contributed by atoms with van der Waals surface area (Å²) >= 11 is 0. The van der Waals surface area contributed by atoms with E-state index in [9.17, 15) is 9.18 Å². The lowest BCUT2D eigenvalue weighted by Crippen LogP contribution is -2.45. The summed E-state index contributed by atoms with van der Waals surface area (Å²) < 4.78 is 24.9. The Morgan fingerprint density at radius 2 is 1.84 bits per heavy atom. The maximum Gasteiger partial charge on any atom is 0.322 e. The number of carbonyl (C=O) groups excluding carboxylic acids is 1. The summed E-state index contributed by atoms with van der Waals surface area (Å²) in [6.07, 6.45) is 0. The van der Waals surface area contributed by atoms with Gasteiger partial charge in [-0.15, -0.1) is 0 Å². The van der Waals surface area contributed by atoms with E-state index in [1.165, 1.54) is 12.1 Å². The van der Waals surface area contributed by atoms with Crippen molar-refractivity contribution < 1.29 is 18.4 Å². The Morgan fingerprint density at radius 1 is 1.03 bits per heavy atom. The van der Waals surface area contributed by atoms with Gasteiger partial charge in [0.25, 0.3) is 5.89 Å². The summed E-state index contributed by atoms with van der Waals surface area (Å²) in [7, 11) is 1.61. The number of carbonyl (C=O) groups is 1. The molecule has 37 heavy (non-hydrogen) atoms. The third-order valence-electron chi connectivity index (χ3n) is 6.67. The van der Waals surface area contributed by atoms with E-state index in [4.69, 9.17) is 9.26 Å². The minimum Gasteiger partial charge on any atom is -0.497 e. The molecule has 0 spiro atoms. The van der Waals surface area contributed by atoms with Crippen LogP contribution in [0.15, 0.2) is 77.0 Å². The van der Waals surface area contributed by atoms with E-state index in [-0.39, 0.29) is 23.6 Å². The number of urea groups is 1. The molecule has 1 aromatic heterocycles. The molecule has 5 rings (SSSR count). The van der Waals surface area contributed by atoms with Gasteiger partial charge in [0, 0.05) is 11.3 Å². The molecule has 2 amide bonds. The Balaban J connectivity index is 1.61. The molecule has 0 radical (unpaired) electrons. The number of nitrogens with zero attached hydrogens (tertiary/aromatic N) is 3. The van der Waals surface area contributed by atoms with Crippen LogP contribution in [0, 0.1) is 19.7 Å². The van der Waals surface area contributed by atoms with E-state index in [1.54, 1.807) is 24.1 Å². The minimum atomic E-state index is -0.505. The van der Waals surface area contributed by atoms with Crippen LogP contribution in [0.2, 0.25) is 0 Å². The van der Waals surface area contributed by atoms with Gasteiger partial charge in [-0.25, -0.2) is 9.18 Å². The van der Waals surface area contributed by atoms with E-state index < -0.39 is 6.04 Å². The van der Waals surface area contributed by atoms with Crippen LogP contribution in [0.5, 0.6) is 5.75 Å². The van der Waals surface area contributed by atoms with Crippen LogP contribution >= 0.6 is 0 Å². The lowest BCUT2D eigenvalue weighted by molar-refractivity contribution is 0.203. The smallest absolute Gasteiger partial charge is 0.322 e. The quantitative estimate of drug-likeness (QED) is 0.342. The van der Waals surface area contributed by atoms with Crippen molar-refractivity contribution in [2.75, 3.05) is 7.11 Å². The van der Waals surface area contributed by atoms with Gasteiger partial charge in [0.15, 0.2) is 0 Å². The third kappa shape index (κ3) is 4.82. The molecule has 1 atom stereocenters. The third-order valence-corrected chi connectivity index (χ3v) is 6.67. The van der Waals surface area contributed by atoms with Crippen molar-refractivity contribution in [3.8, 4) is 17.1 Å². The monoisotopic (exact) mass is 498 g/mol. The molecule has 188 valence electrons. The number of methoxy groups -OCH3 is 1. The molecule has 0 saturated heterocycles. The fourth-order valence-corrected chi connectivity index (χ4v) is 4.47. The zero-order valence-corrected chi connectivity index (χ0v) is 21.1. The van der Waals surface area contributed by atoms with Gasteiger partial charge in [-0.1, -0.05) is 47.6 Å². The molecule has 0 aliphatic carbocycles. The van der Waals surface area contributed by atoms with Crippen LogP contribution < -0.4 is 10.1 Å². The number of hydrogen-bond acceptors (Lipinski definition) is 5. The number of aryl methyl sites for hydroxylation is 2. The van der Waals surface area contributed by atoms with Crippen LogP contribution in [0.25, 0.3) is 17.0 Å². The Morgan fingerprint density at radius 3 is 2.59 bits per heavy atom. The zero-order valence-electron chi connectivity index (χ0n) is 21.1. The SMILES string of the molecule is COc1cccc(CN2C(=O)NC(c3ccc(C)c(C)c3)C(c3nc(-c4cccc(F)c4)no3)=C2C)c1. The highest BCUT2D eigenvalue weighted by Crippen LogP contribution is 2.38. The zero-order chi connectivity index (χ0) is 26.1. The standard InChI is InChI=1S/C29H27FN4O3/c1-17-11-12-21(13-18(17)2)26-25(28-32-27(33-37-28)22-8-6-9-23(30)15-22)19(3)34(29(35)31-26)16-20-7-5-10-24(14-20)36-4/h5-15,26H,16H2,1-4H3,(H,31,35). The molecule has 4 aromatic rings. The van der Waals surface area contributed by atoms with E-state index in [2.05, 4.69) is 21.5 Å². The van der Waals surface area contributed by atoms with E-state index >= 15 is 0 Å². The van der Waals surface area contributed by atoms with Crippen molar-refractivity contribution in [2.45, 2.75) is 33.4 Å². The fourth-order valence-electron chi connectivity index (χ4n) is 4.47. The van der Waals surface area contributed by atoms with Gasteiger partial charge >= 0.3 is 6.03 Å². The lowest BCUT2D eigenvalue weighted by atomic mass is 9.92. The van der Waals surface area contributed by atoms with Crippen LogP contribution in [0.1, 0.15) is 41.1 Å². The number of hydrogen-bond donors (Lipinski definition) is 1. The molecule has 1 aliphatic rings. The molecule has 3 aromatic carbocycles. The number of benzene rings is 3. The summed E-state index contributed by atoms with van der Waals surface area (Å²) in [6.45, 7) is 6.26. The largest absolute Gasteiger partial charge is 0.497 e. The number of rotatable bonds is 6. The molecule has 0 saturated carbocycles. The molecule has 1 unspecified atom stereocenters. The maximum atomic E-state index is 13.8. The first-order valence-corrected chi connectivity index (χ1v) is 11.9. The van der Waals surface area contributed by atoms with Crippen LogP contribution in [0.4, 0.5) is 9.18 Å². The second-order valence-electron chi connectivity index (χ2n) is 9.10. The number of nitrogens with one attached hydrogen (secondary N) is 1. The van der Waals surface area contributed by atoms with Gasteiger partial charge in [-0.2, -0.15) is 4.98 Å². The Hall–Kier alpha value is -4.46. The fraction of sp³-hybridized carbons (Fsp3) is 0.207. The van der Waals surface area contributed by atoms with Gasteiger partial charge in [-0.05, 0) is 67.3 Å². The highest BCUT2D eigenvalue weighted by atomic mass is 19.1. The molecule has 0 bridgehead atoms.